The number of nitrogen functional groups attached to an aromatic ring is 1. The van der Waals surface area contributed by atoms with Gasteiger partial charge in [0.15, 0.2) is 5.82 Å². The van der Waals surface area contributed by atoms with Crippen LogP contribution < -0.4 is 5.73 Å². The Hall–Kier alpha value is -1.20. The maximum atomic E-state index is 6.00. The van der Waals surface area contributed by atoms with Crippen molar-refractivity contribution in [2.45, 2.75) is 40.2 Å². The number of fused-ring (bicyclic) bond motifs is 1. The minimum absolute atomic E-state index is 0.441. The van der Waals surface area contributed by atoms with E-state index in [4.69, 9.17) is 10.5 Å². The Kier molecular flexibility index (Phi) is 4.14. The predicted molar refractivity (Wildman–Crippen MR) is 75.9 cm³/mol. The lowest BCUT2D eigenvalue weighted by molar-refractivity contribution is 0.113. The monoisotopic (exact) mass is 265 g/mol. The summed E-state index contributed by atoms with van der Waals surface area (Å²) in [5, 5.41) is 0.995. The van der Waals surface area contributed by atoms with E-state index in [1.165, 1.54) is 10.4 Å². The second kappa shape index (κ2) is 5.63. The summed E-state index contributed by atoms with van der Waals surface area (Å²) >= 11 is 1.66. The van der Waals surface area contributed by atoms with Gasteiger partial charge in [0.05, 0.1) is 5.39 Å². The molecule has 0 atom stereocenters. The average Bonchev–Trinajstić information content (AvgIpc) is 2.61. The van der Waals surface area contributed by atoms with Crippen molar-refractivity contribution in [3.05, 3.63) is 16.3 Å². The van der Waals surface area contributed by atoms with Crippen molar-refractivity contribution in [1.82, 2.24) is 9.97 Å². The fourth-order valence-corrected chi connectivity index (χ4v) is 2.86. The number of thiophene rings is 1. The first kappa shape index (κ1) is 13.2. The largest absolute Gasteiger partial charge is 0.383 e. The number of aryl methyl sites for hydroxylation is 2. The average molecular weight is 265 g/mol. The van der Waals surface area contributed by atoms with E-state index in [0.29, 0.717) is 18.2 Å². The Balaban J connectivity index is 2.21. The minimum Gasteiger partial charge on any atom is -0.383 e. The summed E-state index contributed by atoms with van der Waals surface area (Å²) < 4.78 is 5.53. The van der Waals surface area contributed by atoms with Crippen LogP contribution in [0.25, 0.3) is 10.2 Å². The molecule has 0 aliphatic heterocycles. The zero-order valence-corrected chi connectivity index (χ0v) is 11.9. The summed E-state index contributed by atoms with van der Waals surface area (Å²) in [7, 11) is 0. The maximum Gasteiger partial charge on any atom is 0.158 e. The highest BCUT2D eigenvalue weighted by Gasteiger charge is 2.12. The standard InChI is InChI=1S/C13H19N3OS/c1-4-5-6-17-7-10-15-12(14)11-8(2)9(3)18-13(11)16-10/h4-7H2,1-3H3,(H2,14,15,16). The van der Waals surface area contributed by atoms with Gasteiger partial charge in [0.25, 0.3) is 0 Å². The number of ether oxygens (including phenoxy) is 1. The van der Waals surface area contributed by atoms with Gasteiger partial charge in [-0.05, 0) is 25.8 Å². The summed E-state index contributed by atoms with van der Waals surface area (Å²) in [4.78, 5) is 11.0. The first-order valence-electron chi connectivity index (χ1n) is 6.23. The third kappa shape index (κ3) is 2.62. The first-order chi connectivity index (χ1) is 8.63. The van der Waals surface area contributed by atoms with Crippen molar-refractivity contribution in [2.24, 2.45) is 0 Å². The second-order valence-electron chi connectivity index (χ2n) is 4.39. The van der Waals surface area contributed by atoms with Gasteiger partial charge in [-0.15, -0.1) is 11.3 Å². The Morgan fingerprint density at radius 3 is 2.78 bits per heavy atom. The third-order valence-electron chi connectivity index (χ3n) is 2.98. The molecule has 0 aliphatic rings. The normalized spacial score (nSPS) is 11.3. The van der Waals surface area contributed by atoms with E-state index < -0.39 is 0 Å². The molecule has 98 valence electrons. The molecule has 0 fully saturated rings. The highest BCUT2D eigenvalue weighted by molar-refractivity contribution is 7.18. The number of hydrogen-bond acceptors (Lipinski definition) is 5. The molecular formula is C13H19N3OS. The lowest BCUT2D eigenvalue weighted by Crippen LogP contribution is -2.03. The van der Waals surface area contributed by atoms with E-state index in [0.717, 1.165) is 29.7 Å². The van der Waals surface area contributed by atoms with Crippen LogP contribution in [0, 0.1) is 13.8 Å². The zero-order chi connectivity index (χ0) is 13.1. The molecule has 18 heavy (non-hydrogen) atoms. The van der Waals surface area contributed by atoms with Gasteiger partial charge in [-0.3, -0.25) is 0 Å². The van der Waals surface area contributed by atoms with E-state index in [9.17, 15) is 0 Å². The molecule has 2 aromatic rings. The predicted octanol–water partition coefficient (Wildman–Crippen LogP) is 3.21. The van der Waals surface area contributed by atoms with E-state index in [-0.39, 0.29) is 0 Å². The number of anilines is 1. The lowest BCUT2D eigenvalue weighted by atomic mass is 10.2. The molecule has 0 saturated carbocycles. The summed E-state index contributed by atoms with van der Waals surface area (Å²) in [5.41, 5.74) is 7.19. The molecule has 0 amide bonds. The molecule has 0 saturated heterocycles. The van der Waals surface area contributed by atoms with Gasteiger partial charge in [0.1, 0.15) is 17.3 Å². The fraction of sp³-hybridized carbons (Fsp3) is 0.538. The van der Waals surface area contributed by atoms with Gasteiger partial charge in [0, 0.05) is 11.5 Å². The Labute approximate surface area is 111 Å². The summed E-state index contributed by atoms with van der Waals surface area (Å²) in [5.74, 6) is 1.24. The molecule has 0 unspecified atom stereocenters. The Morgan fingerprint density at radius 2 is 2.06 bits per heavy atom. The van der Waals surface area contributed by atoms with Crippen LogP contribution in [-0.2, 0) is 11.3 Å². The van der Waals surface area contributed by atoms with Crippen LogP contribution in [0.4, 0.5) is 5.82 Å². The van der Waals surface area contributed by atoms with Gasteiger partial charge in [-0.2, -0.15) is 0 Å². The Bertz CT molecular complexity index is 551. The number of aromatic nitrogens is 2. The van der Waals surface area contributed by atoms with Gasteiger partial charge >= 0.3 is 0 Å². The maximum absolute atomic E-state index is 6.00. The molecule has 0 radical (unpaired) electrons. The topological polar surface area (TPSA) is 61.0 Å². The van der Waals surface area contributed by atoms with Crippen molar-refractivity contribution in [3.8, 4) is 0 Å². The van der Waals surface area contributed by atoms with Crippen molar-refractivity contribution in [1.29, 1.82) is 0 Å². The van der Waals surface area contributed by atoms with E-state index in [2.05, 4.69) is 30.7 Å². The van der Waals surface area contributed by atoms with Crippen molar-refractivity contribution >= 4 is 27.4 Å². The van der Waals surface area contributed by atoms with Crippen LogP contribution >= 0.6 is 11.3 Å². The summed E-state index contributed by atoms with van der Waals surface area (Å²) in [6, 6.07) is 0. The quantitative estimate of drug-likeness (QED) is 0.843. The number of unbranched alkanes of at least 4 members (excludes halogenated alkanes) is 1. The van der Waals surface area contributed by atoms with Crippen LogP contribution in [0.1, 0.15) is 36.0 Å². The number of hydrogen-bond donors (Lipinski definition) is 1. The molecule has 0 aromatic carbocycles. The summed E-state index contributed by atoms with van der Waals surface area (Å²) in [6.07, 6.45) is 2.19. The molecular weight excluding hydrogens is 246 g/mol. The van der Waals surface area contributed by atoms with Crippen molar-refractivity contribution < 1.29 is 4.74 Å². The highest BCUT2D eigenvalue weighted by atomic mass is 32.1. The van der Waals surface area contributed by atoms with E-state index in [1.807, 2.05) is 0 Å². The summed E-state index contributed by atoms with van der Waals surface area (Å²) in [6.45, 7) is 7.47. The molecule has 4 nitrogen and oxygen atoms in total. The molecule has 2 rings (SSSR count). The molecule has 0 aliphatic carbocycles. The SMILES string of the molecule is CCCCOCc1nc(N)c2c(C)c(C)sc2n1. The second-order valence-corrected chi connectivity index (χ2v) is 5.60. The Morgan fingerprint density at radius 1 is 1.28 bits per heavy atom. The van der Waals surface area contributed by atoms with Crippen LogP contribution in [0.5, 0.6) is 0 Å². The van der Waals surface area contributed by atoms with Crippen molar-refractivity contribution in [3.63, 3.8) is 0 Å². The first-order valence-corrected chi connectivity index (χ1v) is 7.05. The number of nitrogens with zero attached hydrogens (tertiary/aromatic N) is 2. The van der Waals surface area contributed by atoms with Gasteiger partial charge in [0.2, 0.25) is 0 Å². The van der Waals surface area contributed by atoms with Crippen LogP contribution in [-0.4, -0.2) is 16.6 Å². The van der Waals surface area contributed by atoms with Crippen LogP contribution in [0.15, 0.2) is 0 Å². The van der Waals surface area contributed by atoms with Crippen molar-refractivity contribution in [2.75, 3.05) is 12.3 Å². The van der Waals surface area contributed by atoms with Gasteiger partial charge < -0.3 is 10.5 Å². The zero-order valence-electron chi connectivity index (χ0n) is 11.1. The number of nitrogens with two attached hydrogens (primary N) is 1. The van der Waals surface area contributed by atoms with E-state index in [1.54, 1.807) is 11.3 Å². The van der Waals surface area contributed by atoms with Gasteiger partial charge in [-0.1, -0.05) is 13.3 Å². The molecule has 0 bridgehead atoms. The highest BCUT2D eigenvalue weighted by Crippen LogP contribution is 2.31. The molecule has 5 heteroatoms. The van der Waals surface area contributed by atoms with Crippen LogP contribution in [0.3, 0.4) is 0 Å². The lowest BCUT2D eigenvalue weighted by Gasteiger charge is -2.04. The molecule has 0 spiro atoms. The molecule has 2 heterocycles. The minimum atomic E-state index is 0.441. The number of rotatable bonds is 5. The smallest absolute Gasteiger partial charge is 0.158 e. The van der Waals surface area contributed by atoms with Crippen LogP contribution in [0.2, 0.25) is 0 Å². The molecule has 2 aromatic heterocycles. The third-order valence-corrected chi connectivity index (χ3v) is 4.08. The van der Waals surface area contributed by atoms with Gasteiger partial charge in [-0.25, -0.2) is 9.97 Å². The molecule has 2 N–H and O–H groups in total. The van der Waals surface area contributed by atoms with E-state index >= 15 is 0 Å². The fourth-order valence-electron chi connectivity index (χ4n) is 1.80.